The van der Waals surface area contributed by atoms with E-state index in [1.807, 2.05) is 0 Å². The van der Waals surface area contributed by atoms with Crippen molar-refractivity contribution in [3.05, 3.63) is 11.9 Å². The Morgan fingerprint density at radius 3 is 2.53 bits per heavy atom. The molecule has 0 aliphatic heterocycles. The normalized spacial score (nSPS) is 11.7. The van der Waals surface area contributed by atoms with Crippen LogP contribution in [0.1, 0.15) is 16.9 Å². The van der Waals surface area contributed by atoms with Crippen molar-refractivity contribution in [2.75, 3.05) is 5.73 Å². The summed E-state index contributed by atoms with van der Waals surface area (Å²) in [7, 11) is 0. The van der Waals surface area contributed by atoms with Gasteiger partial charge in [0.05, 0.1) is 12.1 Å². The van der Waals surface area contributed by atoms with Crippen LogP contribution in [0, 0.1) is 0 Å². The number of halogens is 3. The number of nitrogen functional groups attached to an aromatic ring is 1. The van der Waals surface area contributed by atoms with Crippen LogP contribution in [0.4, 0.5) is 18.9 Å². The molecular formula is C7H9F3N4O. The average Bonchev–Trinajstić information content (AvgIpc) is 2.42. The molecule has 84 valence electrons. The van der Waals surface area contributed by atoms with Gasteiger partial charge in [0.1, 0.15) is 0 Å². The zero-order valence-corrected chi connectivity index (χ0v) is 7.58. The van der Waals surface area contributed by atoms with Gasteiger partial charge in [0.25, 0.3) is 5.91 Å². The number of anilines is 1. The van der Waals surface area contributed by atoms with E-state index in [0.29, 0.717) is 0 Å². The number of primary amides is 1. The van der Waals surface area contributed by atoms with E-state index in [2.05, 4.69) is 5.10 Å². The first-order chi connectivity index (χ1) is 6.79. The Bertz CT molecular complexity index is 371. The summed E-state index contributed by atoms with van der Waals surface area (Å²) in [5, 5.41) is 3.53. The fourth-order valence-corrected chi connectivity index (χ4v) is 0.984. The Labute approximate surface area is 82.8 Å². The van der Waals surface area contributed by atoms with E-state index in [-0.39, 0.29) is 17.9 Å². The molecule has 1 heterocycles. The Balaban J connectivity index is 2.72. The summed E-state index contributed by atoms with van der Waals surface area (Å²) in [5.41, 5.74) is 9.97. The first kappa shape index (κ1) is 11.3. The number of nitrogens with two attached hydrogens (primary N) is 2. The monoisotopic (exact) mass is 222 g/mol. The van der Waals surface area contributed by atoms with Crippen LogP contribution in [0.3, 0.4) is 0 Å². The van der Waals surface area contributed by atoms with Crippen LogP contribution in [0.25, 0.3) is 0 Å². The molecule has 0 aliphatic rings. The Hall–Kier alpha value is -1.73. The Kier molecular flexibility index (Phi) is 2.87. The van der Waals surface area contributed by atoms with Crippen LogP contribution in [0.5, 0.6) is 0 Å². The van der Waals surface area contributed by atoms with E-state index in [4.69, 9.17) is 11.5 Å². The zero-order valence-electron chi connectivity index (χ0n) is 7.58. The molecule has 0 bridgehead atoms. The molecule has 4 N–H and O–H groups in total. The third-order valence-corrected chi connectivity index (χ3v) is 1.65. The Morgan fingerprint density at radius 1 is 1.53 bits per heavy atom. The zero-order chi connectivity index (χ0) is 11.6. The van der Waals surface area contributed by atoms with Gasteiger partial charge in [-0.25, -0.2) is 0 Å². The predicted octanol–water partition coefficient (Wildman–Crippen LogP) is 0.517. The van der Waals surface area contributed by atoms with Crippen molar-refractivity contribution in [3.63, 3.8) is 0 Å². The number of rotatable bonds is 3. The summed E-state index contributed by atoms with van der Waals surface area (Å²) in [6.45, 7) is -0.388. The summed E-state index contributed by atoms with van der Waals surface area (Å²) in [6.07, 6.45) is -4.16. The average molecular weight is 222 g/mol. The molecule has 1 aromatic rings. The molecule has 0 spiro atoms. The highest BCUT2D eigenvalue weighted by Gasteiger charge is 2.27. The molecule has 1 aromatic heterocycles. The number of aromatic nitrogens is 2. The van der Waals surface area contributed by atoms with Gasteiger partial charge in [-0.3, -0.25) is 9.48 Å². The molecule has 0 aliphatic carbocycles. The van der Waals surface area contributed by atoms with Crippen LogP contribution in [-0.2, 0) is 6.54 Å². The van der Waals surface area contributed by atoms with Crippen molar-refractivity contribution >= 4 is 11.6 Å². The molecule has 1 rings (SSSR count). The van der Waals surface area contributed by atoms with Gasteiger partial charge in [-0.1, -0.05) is 0 Å². The van der Waals surface area contributed by atoms with E-state index in [1.54, 1.807) is 0 Å². The maximum absolute atomic E-state index is 11.8. The van der Waals surface area contributed by atoms with E-state index in [1.165, 1.54) is 0 Å². The second-order valence-corrected chi connectivity index (χ2v) is 2.93. The molecule has 0 saturated carbocycles. The fourth-order valence-electron chi connectivity index (χ4n) is 0.984. The lowest BCUT2D eigenvalue weighted by atomic mass is 10.4. The quantitative estimate of drug-likeness (QED) is 0.781. The highest BCUT2D eigenvalue weighted by atomic mass is 19.4. The number of hydrogen-bond donors (Lipinski definition) is 2. The third-order valence-electron chi connectivity index (χ3n) is 1.65. The minimum Gasteiger partial charge on any atom is -0.396 e. The third kappa shape index (κ3) is 3.15. The minimum absolute atomic E-state index is 0.0234. The van der Waals surface area contributed by atoms with E-state index >= 15 is 0 Å². The number of alkyl halides is 3. The number of hydrogen-bond acceptors (Lipinski definition) is 3. The van der Waals surface area contributed by atoms with Crippen LogP contribution in [0.2, 0.25) is 0 Å². The molecule has 0 fully saturated rings. The first-order valence-corrected chi connectivity index (χ1v) is 3.99. The Morgan fingerprint density at radius 2 is 2.13 bits per heavy atom. The van der Waals surface area contributed by atoms with E-state index in [9.17, 15) is 18.0 Å². The van der Waals surface area contributed by atoms with E-state index in [0.717, 1.165) is 10.9 Å². The second kappa shape index (κ2) is 3.79. The van der Waals surface area contributed by atoms with Crippen LogP contribution >= 0.6 is 0 Å². The van der Waals surface area contributed by atoms with Crippen LogP contribution < -0.4 is 11.5 Å². The number of carbonyl (C=O) groups is 1. The summed E-state index contributed by atoms with van der Waals surface area (Å²) in [5.74, 6) is -0.863. The van der Waals surface area contributed by atoms with Crippen LogP contribution in [-0.4, -0.2) is 21.9 Å². The summed E-state index contributed by atoms with van der Waals surface area (Å²) in [4.78, 5) is 10.7. The van der Waals surface area contributed by atoms with Crippen molar-refractivity contribution in [2.24, 2.45) is 5.73 Å². The van der Waals surface area contributed by atoms with Gasteiger partial charge >= 0.3 is 6.18 Å². The van der Waals surface area contributed by atoms with Gasteiger partial charge in [0.2, 0.25) is 0 Å². The molecule has 15 heavy (non-hydrogen) atoms. The summed E-state index contributed by atoms with van der Waals surface area (Å²) >= 11 is 0. The highest BCUT2D eigenvalue weighted by molar-refractivity contribution is 5.95. The number of aryl methyl sites for hydroxylation is 1. The van der Waals surface area contributed by atoms with Gasteiger partial charge in [-0.05, 0) is 0 Å². The van der Waals surface area contributed by atoms with Gasteiger partial charge < -0.3 is 11.5 Å². The minimum atomic E-state index is -4.27. The maximum Gasteiger partial charge on any atom is 0.390 e. The fraction of sp³-hybridized carbons (Fsp3) is 0.429. The molecule has 0 unspecified atom stereocenters. The smallest absolute Gasteiger partial charge is 0.390 e. The van der Waals surface area contributed by atoms with Crippen molar-refractivity contribution in [3.8, 4) is 0 Å². The van der Waals surface area contributed by atoms with Crippen molar-refractivity contribution in [2.45, 2.75) is 19.1 Å². The molecular weight excluding hydrogens is 213 g/mol. The number of carbonyl (C=O) groups excluding carboxylic acids is 1. The van der Waals surface area contributed by atoms with Gasteiger partial charge in [-0.2, -0.15) is 18.3 Å². The van der Waals surface area contributed by atoms with Gasteiger partial charge in [-0.15, -0.1) is 0 Å². The first-order valence-electron chi connectivity index (χ1n) is 3.99. The number of nitrogens with zero attached hydrogens (tertiary/aromatic N) is 2. The SMILES string of the molecule is NC(=O)c1nn(CCC(F)(F)F)cc1N. The molecule has 8 heteroatoms. The molecule has 0 saturated heterocycles. The lowest BCUT2D eigenvalue weighted by Gasteiger charge is -2.05. The summed E-state index contributed by atoms with van der Waals surface area (Å²) in [6, 6.07) is 0. The topological polar surface area (TPSA) is 86.9 Å². The molecule has 1 amide bonds. The highest BCUT2D eigenvalue weighted by Crippen LogP contribution is 2.20. The molecule has 0 radical (unpaired) electrons. The lowest BCUT2D eigenvalue weighted by molar-refractivity contribution is -0.137. The van der Waals surface area contributed by atoms with Crippen molar-refractivity contribution in [1.82, 2.24) is 9.78 Å². The van der Waals surface area contributed by atoms with Gasteiger partial charge in [0.15, 0.2) is 5.69 Å². The molecule has 5 nitrogen and oxygen atoms in total. The maximum atomic E-state index is 11.8. The van der Waals surface area contributed by atoms with Gasteiger partial charge in [0, 0.05) is 12.7 Å². The summed E-state index contributed by atoms with van der Waals surface area (Å²) < 4.78 is 36.5. The van der Waals surface area contributed by atoms with Crippen molar-refractivity contribution in [1.29, 1.82) is 0 Å². The van der Waals surface area contributed by atoms with Crippen molar-refractivity contribution < 1.29 is 18.0 Å². The number of amides is 1. The second-order valence-electron chi connectivity index (χ2n) is 2.93. The molecule has 0 aromatic carbocycles. The van der Waals surface area contributed by atoms with E-state index < -0.39 is 18.5 Å². The largest absolute Gasteiger partial charge is 0.396 e. The standard InChI is InChI=1S/C7H9F3N4O/c8-7(9,10)1-2-14-3-4(11)5(13-14)6(12)15/h3H,1-2,11H2,(H2,12,15). The van der Waals surface area contributed by atoms with Crippen LogP contribution in [0.15, 0.2) is 6.20 Å². The predicted molar refractivity (Wildman–Crippen MR) is 45.8 cm³/mol. The lowest BCUT2D eigenvalue weighted by Crippen LogP contribution is -2.15. The molecule has 0 atom stereocenters.